The summed E-state index contributed by atoms with van der Waals surface area (Å²) >= 11 is 0. The van der Waals surface area contributed by atoms with Gasteiger partial charge in [0.1, 0.15) is 5.82 Å². The Balaban J connectivity index is 1.47. The Morgan fingerprint density at radius 3 is 2.62 bits per heavy atom. The van der Waals surface area contributed by atoms with Crippen molar-refractivity contribution >= 4 is 0 Å². The molecule has 0 radical (unpaired) electrons. The van der Waals surface area contributed by atoms with E-state index in [1.807, 2.05) is 6.92 Å². The van der Waals surface area contributed by atoms with Crippen molar-refractivity contribution in [2.45, 2.75) is 53.1 Å². The van der Waals surface area contributed by atoms with Gasteiger partial charge >= 0.3 is 0 Å². The molecule has 1 N–H and O–H groups in total. The van der Waals surface area contributed by atoms with Crippen LogP contribution in [-0.4, -0.2) is 68.0 Å². The maximum Gasteiger partial charge on any atom is 0.155 e. The van der Waals surface area contributed by atoms with Crippen LogP contribution in [0.4, 0.5) is 0 Å². The Morgan fingerprint density at radius 2 is 1.96 bits per heavy atom. The minimum atomic E-state index is 0.296. The zero-order valence-electron chi connectivity index (χ0n) is 16.7. The Kier molecular flexibility index (Phi) is 4.39. The van der Waals surface area contributed by atoms with Gasteiger partial charge in [0.2, 0.25) is 0 Å². The highest BCUT2D eigenvalue weighted by molar-refractivity contribution is 5.26. The Hall–Kier alpha value is -1.73. The molecule has 1 spiro atoms. The van der Waals surface area contributed by atoms with E-state index < -0.39 is 0 Å². The quantitative estimate of drug-likeness (QED) is 0.885. The van der Waals surface area contributed by atoms with Gasteiger partial charge in [-0.15, -0.1) is 0 Å². The van der Waals surface area contributed by atoms with Gasteiger partial charge in [0, 0.05) is 61.9 Å². The Morgan fingerprint density at radius 1 is 1.19 bits per heavy atom. The number of hydrogen-bond acceptors (Lipinski definition) is 5. The highest BCUT2D eigenvalue weighted by Gasteiger charge is 2.55. The Bertz CT molecular complexity index is 784. The van der Waals surface area contributed by atoms with E-state index in [2.05, 4.69) is 57.5 Å². The fourth-order valence-electron chi connectivity index (χ4n) is 4.98. The van der Waals surface area contributed by atoms with Crippen molar-refractivity contribution in [2.75, 3.05) is 33.2 Å². The van der Waals surface area contributed by atoms with Gasteiger partial charge in [0.15, 0.2) is 5.82 Å². The predicted octanol–water partition coefficient (Wildman–Crippen LogP) is 1.87. The molecule has 2 aliphatic heterocycles. The van der Waals surface area contributed by atoms with Gasteiger partial charge in [-0.3, -0.25) is 14.7 Å². The molecule has 0 aliphatic carbocycles. The molecule has 26 heavy (non-hydrogen) atoms. The molecule has 4 heterocycles. The number of aromatic amines is 1. The van der Waals surface area contributed by atoms with E-state index in [-0.39, 0.29) is 0 Å². The lowest BCUT2D eigenvalue weighted by molar-refractivity contribution is -0.00967. The highest BCUT2D eigenvalue weighted by atomic mass is 15.3. The average Bonchev–Trinajstić information content (AvgIpc) is 3.20. The summed E-state index contributed by atoms with van der Waals surface area (Å²) in [6.07, 6.45) is 1.12. The molecule has 4 rings (SSSR count). The second-order valence-corrected chi connectivity index (χ2v) is 8.41. The topological polar surface area (TPSA) is 65.9 Å². The third-order valence-corrected chi connectivity index (χ3v) is 6.17. The summed E-state index contributed by atoms with van der Waals surface area (Å²) in [5.74, 6) is 2.34. The minimum Gasteiger partial charge on any atom is -0.305 e. The number of rotatable bonds is 5. The van der Waals surface area contributed by atoms with Crippen molar-refractivity contribution in [3.63, 3.8) is 0 Å². The number of aryl methyl sites for hydroxylation is 3. The van der Waals surface area contributed by atoms with E-state index in [0.717, 1.165) is 57.3 Å². The molecule has 0 aromatic carbocycles. The molecule has 2 aromatic rings. The number of aromatic nitrogens is 5. The van der Waals surface area contributed by atoms with Gasteiger partial charge in [0.25, 0.3) is 0 Å². The fraction of sp³-hybridized carbons (Fsp3) is 0.737. The molecule has 7 heteroatoms. The molecule has 0 amide bonds. The van der Waals surface area contributed by atoms with Crippen molar-refractivity contribution in [1.82, 2.24) is 34.8 Å². The van der Waals surface area contributed by atoms with E-state index in [0.29, 0.717) is 11.3 Å². The number of hydrogen-bond donors (Lipinski definition) is 1. The first-order chi connectivity index (χ1) is 12.4. The van der Waals surface area contributed by atoms with Crippen LogP contribution in [0.5, 0.6) is 0 Å². The zero-order valence-corrected chi connectivity index (χ0v) is 16.7. The molecule has 2 saturated heterocycles. The molecule has 2 aliphatic rings. The number of nitrogens with one attached hydrogen (secondary N) is 1. The SMILES string of the molecule is CCCn1nc(C)c(CN2CC3(CN(C)CC3c3n[nH]c(C)n3)C2)c1C. The molecule has 0 bridgehead atoms. The molecular weight excluding hydrogens is 326 g/mol. The third-order valence-electron chi connectivity index (χ3n) is 6.17. The largest absolute Gasteiger partial charge is 0.305 e. The van der Waals surface area contributed by atoms with E-state index in [4.69, 9.17) is 5.10 Å². The van der Waals surface area contributed by atoms with Crippen molar-refractivity contribution in [1.29, 1.82) is 0 Å². The summed E-state index contributed by atoms with van der Waals surface area (Å²) in [7, 11) is 2.22. The van der Waals surface area contributed by atoms with Crippen LogP contribution in [0.15, 0.2) is 0 Å². The first-order valence-corrected chi connectivity index (χ1v) is 9.74. The second kappa shape index (κ2) is 6.46. The minimum absolute atomic E-state index is 0.296. The number of likely N-dealkylation sites (tertiary alicyclic amines) is 2. The molecule has 0 saturated carbocycles. The van der Waals surface area contributed by atoms with Crippen LogP contribution in [0.2, 0.25) is 0 Å². The van der Waals surface area contributed by atoms with Gasteiger partial charge in [-0.2, -0.15) is 10.2 Å². The van der Waals surface area contributed by atoms with Gasteiger partial charge in [-0.25, -0.2) is 4.98 Å². The maximum absolute atomic E-state index is 4.74. The predicted molar refractivity (Wildman–Crippen MR) is 101 cm³/mol. The molecule has 1 unspecified atom stereocenters. The van der Waals surface area contributed by atoms with Crippen LogP contribution >= 0.6 is 0 Å². The summed E-state index contributed by atoms with van der Waals surface area (Å²) in [5.41, 5.74) is 4.21. The van der Waals surface area contributed by atoms with Gasteiger partial charge < -0.3 is 4.90 Å². The van der Waals surface area contributed by atoms with Gasteiger partial charge in [-0.05, 0) is 34.2 Å². The molecule has 2 fully saturated rings. The molecule has 2 aromatic heterocycles. The summed E-state index contributed by atoms with van der Waals surface area (Å²) in [6.45, 7) is 15.0. The van der Waals surface area contributed by atoms with E-state index in [1.165, 1.54) is 17.0 Å². The van der Waals surface area contributed by atoms with Crippen LogP contribution < -0.4 is 0 Å². The lowest BCUT2D eigenvalue weighted by Crippen LogP contribution is -2.59. The summed E-state index contributed by atoms with van der Waals surface area (Å²) in [4.78, 5) is 9.64. The van der Waals surface area contributed by atoms with E-state index in [9.17, 15) is 0 Å². The van der Waals surface area contributed by atoms with E-state index >= 15 is 0 Å². The molecule has 142 valence electrons. The lowest BCUT2D eigenvalue weighted by Gasteiger charge is -2.50. The monoisotopic (exact) mass is 357 g/mol. The summed E-state index contributed by atoms with van der Waals surface area (Å²) in [5, 5.41) is 12.2. The van der Waals surface area contributed by atoms with Crippen LogP contribution in [-0.2, 0) is 13.1 Å². The molecule has 7 nitrogen and oxygen atoms in total. The van der Waals surface area contributed by atoms with Crippen molar-refractivity contribution < 1.29 is 0 Å². The van der Waals surface area contributed by atoms with Gasteiger partial charge in [-0.1, -0.05) is 6.92 Å². The fourth-order valence-corrected chi connectivity index (χ4v) is 4.98. The maximum atomic E-state index is 4.74. The normalized spacial score (nSPS) is 23.0. The molecule has 1 atom stereocenters. The standard InChI is InChI=1S/C19H31N7/c1-6-7-26-14(3)16(13(2)23-26)8-25-11-19(12-25)10-24(5)9-17(19)18-20-15(4)21-22-18/h17H,6-12H2,1-5H3,(H,20,21,22). The van der Waals surface area contributed by atoms with Crippen LogP contribution in [0.25, 0.3) is 0 Å². The zero-order chi connectivity index (χ0) is 18.5. The Labute approximate surface area is 155 Å². The van der Waals surface area contributed by atoms with Gasteiger partial charge in [0.05, 0.1) is 5.69 Å². The van der Waals surface area contributed by atoms with Crippen molar-refractivity contribution in [3.8, 4) is 0 Å². The first kappa shape index (κ1) is 17.7. The van der Waals surface area contributed by atoms with Crippen molar-refractivity contribution in [2.24, 2.45) is 5.41 Å². The van der Waals surface area contributed by atoms with Crippen LogP contribution in [0.3, 0.4) is 0 Å². The molecular formula is C19H31N7. The lowest BCUT2D eigenvalue weighted by atomic mass is 9.71. The van der Waals surface area contributed by atoms with Crippen LogP contribution in [0.1, 0.15) is 47.9 Å². The van der Waals surface area contributed by atoms with Crippen molar-refractivity contribution in [3.05, 3.63) is 28.6 Å². The highest BCUT2D eigenvalue weighted by Crippen LogP contribution is 2.48. The number of H-pyrrole nitrogens is 1. The first-order valence-electron chi connectivity index (χ1n) is 9.74. The number of likely N-dealkylation sites (N-methyl/N-ethyl adjacent to an activating group) is 1. The second-order valence-electron chi connectivity index (χ2n) is 8.41. The summed E-state index contributed by atoms with van der Waals surface area (Å²) in [6, 6.07) is 0. The van der Waals surface area contributed by atoms with E-state index in [1.54, 1.807) is 0 Å². The smallest absolute Gasteiger partial charge is 0.155 e. The third kappa shape index (κ3) is 2.87. The number of nitrogens with zero attached hydrogens (tertiary/aromatic N) is 6. The summed E-state index contributed by atoms with van der Waals surface area (Å²) < 4.78 is 2.17. The van der Waals surface area contributed by atoms with Crippen LogP contribution in [0, 0.1) is 26.2 Å². The average molecular weight is 358 g/mol.